The number of benzene rings is 1. The fourth-order valence-electron chi connectivity index (χ4n) is 1.38. The number of Topliss-reactive ketones (excluding diaryl/α,β-unsaturated/α-hetero) is 1. The highest BCUT2D eigenvalue weighted by Crippen LogP contribution is 2.08. The van der Waals surface area contributed by atoms with E-state index in [0.717, 1.165) is 11.1 Å². The average Bonchev–Trinajstić information content (AvgIpc) is 2.70. The summed E-state index contributed by atoms with van der Waals surface area (Å²) in [5, 5.41) is 5.43. The highest BCUT2D eigenvalue weighted by Gasteiger charge is 2.09. The van der Waals surface area contributed by atoms with Gasteiger partial charge in [0, 0.05) is 11.8 Å². The molecule has 4 heteroatoms. The van der Waals surface area contributed by atoms with Gasteiger partial charge >= 0.3 is 0 Å². The molecule has 2 rings (SSSR count). The molecule has 3 nitrogen and oxygen atoms in total. The van der Waals surface area contributed by atoms with Crippen LogP contribution >= 0.6 is 11.5 Å². The summed E-state index contributed by atoms with van der Waals surface area (Å²) in [5.41, 5.74) is 2.64. The first-order valence-corrected chi connectivity index (χ1v) is 5.45. The van der Waals surface area contributed by atoms with Gasteiger partial charge in [-0.15, -0.1) is 5.10 Å². The van der Waals surface area contributed by atoms with Crippen LogP contribution in [0.2, 0.25) is 0 Å². The summed E-state index contributed by atoms with van der Waals surface area (Å²) in [6, 6.07) is 7.93. The second-order valence-electron chi connectivity index (χ2n) is 3.38. The van der Waals surface area contributed by atoms with E-state index in [1.54, 1.807) is 5.38 Å². The number of carbonyl (C=O) groups excluding carboxylic acids is 1. The van der Waals surface area contributed by atoms with Crippen molar-refractivity contribution in [2.75, 3.05) is 0 Å². The Morgan fingerprint density at radius 1 is 1.47 bits per heavy atom. The van der Waals surface area contributed by atoms with Gasteiger partial charge in [0.05, 0.1) is 0 Å². The van der Waals surface area contributed by atoms with Crippen LogP contribution in [0.15, 0.2) is 29.6 Å². The minimum absolute atomic E-state index is 0.0225. The zero-order valence-corrected chi connectivity index (χ0v) is 9.12. The molecule has 0 spiro atoms. The van der Waals surface area contributed by atoms with E-state index in [1.165, 1.54) is 11.5 Å². The summed E-state index contributed by atoms with van der Waals surface area (Å²) in [6.07, 6.45) is 0.396. The quantitative estimate of drug-likeness (QED) is 0.742. The minimum atomic E-state index is 0.0225. The number of rotatable bonds is 3. The fraction of sp³-hybridized carbons (Fsp3) is 0.182. The van der Waals surface area contributed by atoms with Crippen LogP contribution in [0.1, 0.15) is 21.6 Å². The average molecular weight is 218 g/mol. The van der Waals surface area contributed by atoms with Gasteiger partial charge in [0.1, 0.15) is 5.69 Å². The van der Waals surface area contributed by atoms with Crippen molar-refractivity contribution in [2.24, 2.45) is 0 Å². The van der Waals surface area contributed by atoms with Gasteiger partial charge in [0.15, 0.2) is 5.78 Å². The molecule has 0 N–H and O–H groups in total. The third-order valence-corrected chi connectivity index (χ3v) is 2.60. The van der Waals surface area contributed by atoms with Gasteiger partial charge in [0.2, 0.25) is 0 Å². The lowest BCUT2D eigenvalue weighted by atomic mass is 10.1. The molecule has 0 radical (unpaired) electrons. The first-order valence-electron chi connectivity index (χ1n) is 4.61. The van der Waals surface area contributed by atoms with E-state index >= 15 is 0 Å². The molecule has 76 valence electrons. The molecule has 0 fully saturated rings. The van der Waals surface area contributed by atoms with E-state index < -0.39 is 0 Å². The molecule has 0 aliphatic heterocycles. The maximum atomic E-state index is 11.7. The van der Waals surface area contributed by atoms with Crippen LogP contribution in [0.4, 0.5) is 0 Å². The summed E-state index contributed by atoms with van der Waals surface area (Å²) in [4.78, 5) is 11.7. The molecule has 2 aromatic rings. The van der Waals surface area contributed by atoms with Crippen molar-refractivity contribution in [1.82, 2.24) is 9.59 Å². The van der Waals surface area contributed by atoms with Crippen molar-refractivity contribution in [3.05, 3.63) is 46.5 Å². The molecule has 1 aromatic carbocycles. The molecular formula is C11H10N2OS. The van der Waals surface area contributed by atoms with Crippen LogP contribution < -0.4 is 0 Å². The second kappa shape index (κ2) is 4.31. The van der Waals surface area contributed by atoms with E-state index in [2.05, 4.69) is 9.59 Å². The Bertz CT molecular complexity index is 465. The molecule has 1 heterocycles. The van der Waals surface area contributed by atoms with Gasteiger partial charge in [-0.3, -0.25) is 4.79 Å². The minimum Gasteiger partial charge on any atom is -0.292 e. The molecule has 0 aliphatic carbocycles. The molecule has 0 atom stereocenters. The first-order chi connectivity index (χ1) is 7.25. The van der Waals surface area contributed by atoms with E-state index in [0.29, 0.717) is 12.1 Å². The van der Waals surface area contributed by atoms with Gasteiger partial charge in [-0.2, -0.15) is 0 Å². The number of aromatic nitrogens is 2. The summed E-state index contributed by atoms with van der Waals surface area (Å²) < 4.78 is 3.67. The molecule has 0 aliphatic rings. The molecule has 0 unspecified atom stereocenters. The van der Waals surface area contributed by atoms with Crippen LogP contribution in [0.5, 0.6) is 0 Å². The smallest absolute Gasteiger partial charge is 0.188 e. The summed E-state index contributed by atoms with van der Waals surface area (Å²) in [6.45, 7) is 2.01. The van der Waals surface area contributed by atoms with Gasteiger partial charge in [-0.25, -0.2) is 0 Å². The number of carbonyl (C=O) groups is 1. The molecular weight excluding hydrogens is 208 g/mol. The van der Waals surface area contributed by atoms with Crippen molar-refractivity contribution in [3.63, 3.8) is 0 Å². The maximum absolute atomic E-state index is 11.7. The Kier molecular flexibility index (Phi) is 2.87. The Hall–Kier alpha value is -1.55. The van der Waals surface area contributed by atoms with Gasteiger partial charge in [0.25, 0.3) is 0 Å². The van der Waals surface area contributed by atoms with E-state index in [4.69, 9.17) is 0 Å². The molecule has 0 amide bonds. The number of hydrogen-bond donors (Lipinski definition) is 0. The topological polar surface area (TPSA) is 42.9 Å². The van der Waals surface area contributed by atoms with Crippen LogP contribution in [0.25, 0.3) is 0 Å². The predicted molar refractivity (Wildman–Crippen MR) is 59.1 cm³/mol. The molecule has 0 saturated heterocycles. The lowest BCUT2D eigenvalue weighted by Gasteiger charge is -1.99. The Morgan fingerprint density at radius 2 is 2.33 bits per heavy atom. The van der Waals surface area contributed by atoms with E-state index in [-0.39, 0.29) is 5.78 Å². The second-order valence-corrected chi connectivity index (χ2v) is 3.99. The number of hydrogen-bond acceptors (Lipinski definition) is 4. The largest absolute Gasteiger partial charge is 0.292 e. The highest BCUT2D eigenvalue weighted by atomic mass is 32.1. The van der Waals surface area contributed by atoms with Crippen LogP contribution in [0.3, 0.4) is 0 Å². The van der Waals surface area contributed by atoms with Crippen molar-refractivity contribution in [2.45, 2.75) is 13.3 Å². The monoisotopic (exact) mass is 218 g/mol. The summed E-state index contributed by atoms with van der Waals surface area (Å²) in [7, 11) is 0. The zero-order valence-electron chi connectivity index (χ0n) is 8.30. The molecule has 0 bridgehead atoms. The zero-order chi connectivity index (χ0) is 10.7. The van der Waals surface area contributed by atoms with Gasteiger partial charge in [-0.1, -0.05) is 34.3 Å². The molecule has 0 saturated carbocycles. The van der Waals surface area contributed by atoms with Crippen molar-refractivity contribution in [1.29, 1.82) is 0 Å². The first kappa shape index (κ1) is 9.98. The highest BCUT2D eigenvalue weighted by molar-refractivity contribution is 7.03. The lowest BCUT2D eigenvalue weighted by molar-refractivity contribution is 0.0988. The predicted octanol–water partition coefficient (Wildman–Crippen LogP) is 2.27. The van der Waals surface area contributed by atoms with E-state index in [9.17, 15) is 4.79 Å². The molecule has 15 heavy (non-hydrogen) atoms. The number of aryl methyl sites for hydroxylation is 1. The van der Waals surface area contributed by atoms with Gasteiger partial charge < -0.3 is 0 Å². The third kappa shape index (κ3) is 2.47. The van der Waals surface area contributed by atoms with Crippen LogP contribution in [-0.2, 0) is 6.42 Å². The fourth-order valence-corrected chi connectivity index (χ4v) is 1.84. The Morgan fingerprint density at radius 3 is 3.00 bits per heavy atom. The lowest BCUT2D eigenvalue weighted by Crippen LogP contribution is -2.04. The standard InChI is InChI=1S/C11H10N2OS/c1-8-3-2-4-9(5-8)6-11(14)10-7-15-13-12-10/h2-5,7H,6H2,1H3. The van der Waals surface area contributed by atoms with Crippen molar-refractivity contribution in [3.8, 4) is 0 Å². The van der Waals surface area contributed by atoms with Crippen LogP contribution in [0, 0.1) is 6.92 Å². The van der Waals surface area contributed by atoms with Crippen molar-refractivity contribution < 1.29 is 4.79 Å². The normalized spacial score (nSPS) is 10.2. The number of ketones is 1. The van der Waals surface area contributed by atoms with E-state index in [1.807, 2.05) is 31.2 Å². The third-order valence-electron chi connectivity index (χ3n) is 2.09. The van der Waals surface area contributed by atoms with Gasteiger partial charge in [-0.05, 0) is 24.0 Å². The Labute approximate surface area is 91.9 Å². The number of nitrogens with zero attached hydrogens (tertiary/aromatic N) is 2. The summed E-state index contributed by atoms with van der Waals surface area (Å²) in [5.74, 6) is 0.0225. The SMILES string of the molecule is Cc1cccc(CC(=O)c2csnn2)c1. The maximum Gasteiger partial charge on any atom is 0.188 e. The van der Waals surface area contributed by atoms with Crippen LogP contribution in [-0.4, -0.2) is 15.4 Å². The molecule has 1 aromatic heterocycles. The van der Waals surface area contributed by atoms with Crippen molar-refractivity contribution >= 4 is 17.3 Å². The Balaban J connectivity index is 2.13. The summed E-state index contributed by atoms with van der Waals surface area (Å²) >= 11 is 1.20.